The van der Waals surface area contributed by atoms with Gasteiger partial charge in [0, 0.05) is 5.75 Å². The molecule has 19 heavy (non-hydrogen) atoms. The number of aromatic nitrogens is 2. The standard InChI is InChI=1S/C14H16N2O2S/c1-3-4-9-19-10-13-15-16-14(18-13)11-7-5-6-8-12(11)17-2/h3-8H,9-10H2,1-2H3/b4-3+. The van der Waals surface area contributed by atoms with E-state index in [-0.39, 0.29) is 0 Å². The summed E-state index contributed by atoms with van der Waals surface area (Å²) in [4.78, 5) is 0. The molecule has 0 radical (unpaired) electrons. The van der Waals surface area contributed by atoms with E-state index in [2.05, 4.69) is 16.3 Å². The van der Waals surface area contributed by atoms with E-state index in [1.54, 1.807) is 18.9 Å². The van der Waals surface area contributed by atoms with Gasteiger partial charge in [-0.25, -0.2) is 0 Å². The van der Waals surface area contributed by atoms with Gasteiger partial charge in [0.1, 0.15) is 5.75 Å². The fraction of sp³-hybridized carbons (Fsp3) is 0.286. The fourth-order valence-corrected chi connectivity index (χ4v) is 2.29. The maximum atomic E-state index is 5.65. The minimum Gasteiger partial charge on any atom is -0.496 e. The van der Waals surface area contributed by atoms with Crippen molar-refractivity contribution >= 4 is 11.8 Å². The molecular weight excluding hydrogens is 260 g/mol. The zero-order valence-electron chi connectivity index (χ0n) is 11.0. The topological polar surface area (TPSA) is 48.2 Å². The highest BCUT2D eigenvalue weighted by molar-refractivity contribution is 7.98. The van der Waals surface area contributed by atoms with Crippen LogP contribution >= 0.6 is 11.8 Å². The van der Waals surface area contributed by atoms with Gasteiger partial charge in [0.05, 0.1) is 18.4 Å². The number of ether oxygens (including phenoxy) is 1. The average Bonchev–Trinajstić information content (AvgIpc) is 2.92. The molecule has 2 aromatic rings. The Morgan fingerprint density at radius 3 is 2.95 bits per heavy atom. The molecule has 100 valence electrons. The predicted octanol–water partition coefficient (Wildman–Crippen LogP) is 3.55. The summed E-state index contributed by atoms with van der Waals surface area (Å²) < 4.78 is 10.9. The molecule has 1 aromatic heterocycles. The van der Waals surface area contributed by atoms with Crippen molar-refractivity contribution in [2.75, 3.05) is 12.9 Å². The Morgan fingerprint density at radius 2 is 2.16 bits per heavy atom. The molecule has 0 amide bonds. The molecule has 0 aliphatic heterocycles. The highest BCUT2D eigenvalue weighted by Gasteiger charge is 2.12. The maximum absolute atomic E-state index is 5.65. The summed E-state index contributed by atoms with van der Waals surface area (Å²) in [7, 11) is 1.63. The number of thioether (sulfide) groups is 1. The first-order chi connectivity index (χ1) is 9.35. The smallest absolute Gasteiger partial charge is 0.251 e. The zero-order valence-corrected chi connectivity index (χ0v) is 11.8. The van der Waals surface area contributed by atoms with Gasteiger partial charge >= 0.3 is 0 Å². The molecule has 0 unspecified atom stereocenters. The third kappa shape index (κ3) is 3.61. The fourth-order valence-electron chi connectivity index (χ4n) is 1.55. The van der Waals surface area contributed by atoms with Crippen molar-refractivity contribution < 1.29 is 9.15 Å². The molecule has 0 aliphatic carbocycles. The number of benzene rings is 1. The predicted molar refractivity (Wildman–Crippen MR) is 77.3 cm³/mol. The van der Waals surface area contributed by atoms with Crippen LogP contribution in [-0.2, 0) is 5.75 Å². The molecule has 0 aliphatic rings. The molecule has 0 fully saturated rings. The van der Waals surface area contributed by atoms with E-state index >= 15 is 0 Å². The van der Waals surface area contributed by atoms with Crippen LogP contribution < -0.4 is 4.74 Å². The Hall–Kier alpha value is -1.75. The zero-order chi connectivity index (χ0) is 13.5. The normalized spacial score (nSPS) is 11.1. The van der Waals surface area contributed by atoms with Crippen LogP contribution in [-0.4, -0.2) is 23.1 Å². The Bertz CT molecular complexity index is 552. The quantitative estimate of drug-likeness (QED) is 0.596. The highest BCUT2D eigenvalue weighted by Crippen LogP contribution is 2.28. The molecule has 0 saturated carbocycles. The number of para-hydroxylation sites is 1. The molecular formula is C14H16N2O2S. The maximum Gasteiger partial charge on any atom is 0.251 e. The van der Waals surface area contributed by atoms with E-state index in [9.17, 15) is 0 Å². The van der Waals surface area contributed by atoms with Crippen molar-refractivity contribution in [3.8, 4) is 17.2 Å². The van der Waals surface area contributed by atoms with Crippen LogP contribution in [0.15, 0.2) is 40.8 Å². The average molecular weight is 276 g/mol. The monoisotopic (exact) mass is 276 g/mol. The van der Waals surface area contributed by atoms with Gasteiger partial charge < -0.3 is 9.15 Å². The second-order valence-corrected chi connectivity index (χ2v) is 4.82. The number of allylic oxidation sites excluding steroid dienone is 1. The molecule has 2 rings (SSSR count). The molecule has 4 nitrogen and oxygen atoms in total. The SMILES string of the molecule is C/C=C/CSCc1nnc(-c2ccccc2OC)o1. The highest BCUT2D eigenvalue weighted by atomic mass is 32.2. The third-order valence-corrected chi connectivity index (χ3v) is 3.36. The number of methoxy groups -OCH3 is 1. The van der Waals surface area contributed by atoms with E-state index in [0.29, 0.717) is 17.5 Å². The van der Waals surface area contributed by atoms with Gasteiger partial charge in [-0.3, -0.25) is 0 Å². The lowest BCUT2D eigenvalue weighted by atomic mass is 10.2. The number of hydrogen-bond acceptors (Lipinski definition) is 5. The van der Waals surface area contributed by atoms with Crippen molar-refractivity contribution in [3.05, 3.63) is 42.3 Å². The Labute approximate surface area is 116 Å². The largest absolute Gasteiger partial charge is 0.496 e. The third-order valence-electron chi connectivity index (χ3n) is 2.48. The lowest BCUT2D eigenvalue weighted by Gasteiger charge is -2.03. The van der Waals surface area contributed by atoms with Crippen molar-refractivity contribution in [1.29, 1.82) is 0 Å². The molecule has 0 N–H and O–H groups in total. The van der Waals surface area contributed by atoms with Crippen LogP contribution in [0.2, 0.25) is 0 Å². The van der Waals surface area contributed by atoms with Gasteiger partial charge in [-0.05, 0) is 19.1 Å². The van der Waals surface area contributed by atoms with Crippen molar-refractivity contribution in [1.82, 2.24) is 10.2 Å². The number of nitrogens with zero attached hydrogens (tertiary/aromatic N) is 2. The van der Waals surface area contributed by atoms with E-state index in [4.69, 9.17) is 9.15 Å². The van der Waals surface area contributed by atoms with Crippen molar-refractivity contribution in [3.63, 3.8) is 0 Å². The molecule has 0 bridgehead atoms. The molecule has 1 aromatic carbocycles. The molecule has 0 saturated heterocycles. The summed E-state index contributed by atoms with van der Waals surface area (Å²) >= 11 is 1.74. The van der Waals surface area contributed by atoms with Crippen molar-refractivity contribution in [2.45, 2.75) is 12.7 Å². The van der Waals surface area contributed by atoms with Gasteiger partial charge in [0.2, 0.25) is 5.89 Å². The van der Waals surface area contributed by atoms with Gasteiger partial charge in [-0.15, -0.1) is 22.0 Å². The minimum atomic E-state index is 0.499. The van der Waals surface area contributed by atoms with Gasteiger partial charge in [0.15, 0.2) is 0 Å². The van der Waals surface area contributed by atoms with Crippen LogP contribution in [0.25, 0.3) is 11.5 Å². The Morgan fingerprint density at radius 1 is 1.32 bits per heavy atom. The van der Waals surface area contributed by atoms with Gasteiger partial charge in [-0.1, -0.05) is 24.3 Å². The summed E-state index contributed by atoms with van der Waals surface area (Å²) in [5, 5.41) is 8.11. The molecule has 0 spiro atoms. The van der Waals surface area contributed by atoms with Crippen LogP contribution in [0.4, 0.5) is 0 Å². The lowest BCUT2D eigenvalue weighted by Crippen LogP contribution is -1.87. The van der Waals surface area contributed by atoms with E-state index in [0.717, 1.165) is 17.1 Å². The number of rotatable bonds is 6. The van der Waals surface area contributed by atoms with E-state index in [1.807, 2.05) is 37.3 Å². The van der Waals surface area contributed by atoms with Gasteiger partial charge in [-0.2, -0.15) is 0 Å². The van der Waals surface area contributed by atoms with E-state index in [1.165, 1.54) is 0 Å². The van der Waals surface area contributed by atoms with E-state index < -0.39 is 0 Å². The van der Waals surface area contributed by atoms with Crippen LogP contribution in [0.3, 0.4) is 0 Å². The van der Waals surface area contributed by atoms with Crippen LogP contribution in [0, 0.1) is 0 Å². The summed E-state index contributed by atoms with van der Waals surface area (Å²) in [6.45, 7) is 2.01. The lowest BCUT2D eigenvalue weighted by molar-refractivity contribution is 0.414. The summed E-state index contributed by atoms with van der Waals surface area (Å²) in [5.74, 6) is 3.53. The van der Waals surface area contributed by atoms with Crippen LogP contribution in [0.1, 0.15) is 12.8 Å². The van der Waals surface area contributed by atoms with Gasteiger partial charge in [0.25, 0.3) is 5.89 Å². The molecule has 1 heterocycles. The number of hydrogen-bond donors (Lipinski definition) is 0. The summed E-state index contributed by atoms with van der Waals surface area (Å²) in [6, 6.07) is 7.61. The van der Waals surface area contributed by atoms with Crippen molar-refractivity contribution in [2.24, 2.45) is 0 Å². The van der Waals surface area contributed by atoms with Crippen LogP contribution in [0.5, 0.6) is 5.75 Å². The second-order valence-electron chi connectivity index (χ2n) is 3.79. The first-order valence-corrected chi connectivity index (χ1v) is 7.15. The summed E-state index contributed by atoms with van der Waals surface area (Å²) in [6.07, 6.45) is 4.13. The minimum absolute atomic E-state index is 0.499. The Kier molecular flexibility index (Phi) is 5.03. The first-order valence-electron chi connectivity index (χ1n) is 6.00. The first kappa shape index (κ1) is 13.7. The molecule has 5 heteroatoms. The summed E-state index contributed by atoms with van der Waals surface area (Å²) in [5.41, 5.74) is 0.821. The molecule has 0 atom stereocenters. The Balaban J connectivity index is 2.08. The second kappa shape index (κ2) is 6.99.